The van der Waals surface area contributed by atoms with Gasteiger partial charge >= 0.3 is 5.97 Å². The van der Waals surface area contributed by atoms with Crippen LogP contribution in [-0.4, -0.2) is 22.8 Å². The van der Waals surface area contributed by atoms with Crippen molar-refractivity contribution in [1.29, 1.82) is 0 Å². The van der Waals surface area contributed by atoms with Crippen molar-refractivity contribution < 1.29 is 14.6 Å². The lowest BCUT2D eigenvalue weighted by molar-refractivity contribution is 0.0593. The minimum Gasteiger partial charge on any atom is -0.465 e. The Bertz CT molecular complexity index is 391. The van der Waals surface area contributed by atoms with Crippen molar-refractivity contribution in [2.75, 3.05) is 7.11 Å². The van der Waals surface area contributed by atoms with Crippen LogP contribution in [0.1, 0.15) is 40.3 Å². The first-order chi connectivity index (χ1) is 6.91. The van der Waals surface area contributed by atoms with E-state index in [1.54, 1.807) is 6.92 Å². The fourth-order valence-electron chi connectivity index (χ4n) is 1.85. The molecule has 0 aliphatic heterocycles. The van der Waals surface area contributed by atoms with E-state index in [2.05, 4.69) is 0 Å². The Kier molecular flexibility index (Phi) is 3.19. The van der Waals surface area contributed by atoms with Gasteiger partial charge in [0.2, 0.25) is 0 Å². The van der Waals surface area contributed by atoms with E-state index in [-0.39, 0.29) is 0 Å². The van der Waals surface area contributed by atoms with E-state index in [9.17, 15) is 9.90 Å². The molecule has 1 N–H and O–H groups in total. The van der Waals surface area contributed by atoms with Gasteiger partial charge in [-0.05, 0) is 20.8 Å². The zero-order valence-corrected chi connectivity index (χ0v) is 9.79. The molecule has 1 rings (SSSR count). The van der Waals surface area contributed by atoms with Gasteiger partial charge in [-0.2, -0.15) is 0 Å². The van der Waals surface area contributed by atoms with Gasteiger partial charge in [-0.3, -0.25) is 0 Å². The van der Waals surface area contributed by atoms with E-state index in [4.69, 9.17) is 4.74 Å². The monoisotopic (exact) mass is 211 g/mol. The summed E-state index contributed by atoms with van der Waals surface area (Å²) in [6, 6.07) is 0. The predicted octanol–water partition coefficient (Wildman–Crippen LogP) is 1.48. The molecule has 84 valence electrons. The molecule has 0 saturated carbocycles. The van der Waals surface area contributed by atoms with Gasteiger partial charge in [0.1, 0.15) is 0 Å². The molecule has 1 heterocycles. The predicted molar refractivity (Wildman–Crippen MR) is 56.9 cm³/mol. The fraction of sp³-hybridized carbons (Fsp3) is 0.545. The molecule has 1 aromatic rings. The third kappa shape index (κ3) is 1.77. The van der Waals surface area contributed by atoms with E-state index >= 15 is 0 Å². The van der Waals surface area contributed by atoms with Gasteiger partial charge in [-0.15, -0.1) is 0 Å². The first-order valence-corrected chi connectivity index (χ1v) is 4.84. The summed E-state index contributed by atoms with van der Waals surface area (Å²) >= 11 is 0. The van der Waals surface area contributed by atoms with Gasteiger partial charge < -0.3 is 14.4 Å². The molecule has 15 heavy (non-hydrogen) atoms. The molecule has 4 heteroatoms. The number of methoxy groups -OCH3 is 1. The number of aromatic nitrogens is 1. The first-order valence-electron chi connectivity index (χ1n) is 4.84. The molecule has 0 aliphatic carbocycles. The number of aliphatic hydroxyl groups is 1. The number of ether oxygens (including phenoxy) is 1. The van der Waals surface area contributed by atoms with Crippen LogP contribution in [0.15, 0.2) is 0 Å². The Morgan fingerprint density at radius 2 is 1.93 bits per heavy atom. The number of aliphatic hydroxyl groups excluding tert-OH is 1. The lowest BCUT2D eigenvalue weighted by Crippen LogP contribution is -2.07. The molecule has 4 nitrogen and oxygen atoms in total. The molecule has 1 aromatic heterocycles. The second kappa shape index (κ2) is 4.06. The summed E-state index contributed by atoms with van der Waals surface area (Å²) in [6.07, 6.45) is -0.668. The summed E-state index contributed by atoms with van der Waals surface area (Å²) in [5.74, 6) is -0.396. The van der Waals surface area contributed by atoms with E-state index < -0.39 is 12.1 Å². The summed E-state index contributed by atoms with van der Waals surface area (Å²) in [5.41, 5.74) is 2.84. The summed E-state index contributed by atoms with van der Waals surface area (Å²) in [5, 5.41) is 9.65. The summed E-state index contributed by atoms with van der Waals surface area (Å²) in [4.78, 5) is 11.6. The Labute approximate surface area is 89.5 Å². The minimum absolute atomic E-state index is 0.396. The van der Waals surface area contributed by atoms with Crippen LogP contribution >= 0.6 is 0 Å². The van der Waals surface area contributed by atoms with Gasteiger partial charge in [0, 0.05) is 24.0 Å². The number of rotatable bonds is 2. The second-order valence-electron chi connectivity index (χ2n) is 3.69. The van der Waals surface area contributed by atoms with Gasteiger partial charge in [0.05, 0.1) is 18.8 Å². The molecule has 0 fully saturated rings. The number of nitrogens with zero attached hydrogens (tertiary/aromatic N) is 1. The Hall–Kier alpha value is -1.29. The fourth-order valence-corrected chi connectivity index (χ4v) is 1.85. The van der Waals surface area contributed by atoms with Gasteiger partial charge in [-0.1, -0.05) is 0 Å². The topological polar surface area (TPSA) is 51.5 Å². The summed E-state index contributed by atoms with van der Waals surface area (Å²) < 4.78 is 6.60. The van der Waals surface area contributed by atoms with Crippen molar-refractivity contribution in [2.45, 2.75) is 26.9 Å². The van der Waals surface area contributed by atoms with Crippen molar-refractivity contribution >= 4 is 5.97 Å². The third-order valence-electron chi connectivity index (χ3n) is 2.83. The van der Waals surface area contributed by atoms with Crippen molar-refractivity contribution in [2.24, 2.45) is 7.05 Å². The molecule has 0 spiro atoms. The normalized spacial score (nSPS) is 12.7. The molecule has 0 radical (unpaired) electrons. The quantitative estimate of drug-likeness (QED) is 0.754. The molecule has 0 saturated heterocycles. The molecular weight excluding hydrogens is 194 g/mol. The van der Waals surface area contributed by atoms with Crippen LogP contribution in [0, 0.1) is 13.8 Å². The Balaban J connectivity index is 3.48. The van der Waals surface area contributed by atoms with Crippen molar-refractivity contribution in [3.8, 4) is 0 Å². The zero-order valence-electron chi connectivity index (χ0n) is 9.79. The number of carbonyl (C=O) groups excluding carboxylic acids is 1. The molecular formula is C11H17NO3. The van der Waals surface area contributed by atoms with Crippen molar-refractivity contribution in [3.63, 3.8) is 0 Å². The number of carbonyl (C=O) groups is 1. The molecule has 0 unspecified atom stereocenters. The van der Waals surface area contributed by atoms with Crippen LogP contribution in [-0.2, 0) is 11.8 Å². The molecule has 0 bridgehead atoms. The maximum atomic E-state index is 11.6. The average molecular weight is 211 g/mol. The Morgan fingerprint density at radius 3 is 2.33 bits per heavy atom. The number of hydrogen-bond acceptors (Lipinski definition) is 3. The average Bonchev–Trinajstić information content (AvgIpc) is 2.41. The van der Waals surface area contributed by atoms with Crippen molar-refractivity contribution in [3.05, 3.63) is 22.5 Å². The van der Waals surface area contributed by atoms with E-state index in [1.807, 2.05) is 25.5 Å². The molecule has 0 aliphatic rings. The lowest BCUT2D eigenvalue weighted by atomic mass is 10.0. The number of esters is 1. The molecule has 1 atom stereocenters. The third-order valence-corrected chi connectivity index (χ3v) is 2.83. The van der Waals surface area contributed by atoms with E-state index in [1.165, 1.54) is 7.11 Å². The first kappa shape index (κ1) is 11.8. The van der Waals surface area contributed by atoms with E-state index in [0.29, 0.717) is 11.1 Å². The largest absolute Gasteiger partial charge is 0.465 e. The maximum Gasteiger partial charge on any atom is 0.340 e. The minimum atomic E-state index is -0.668. The second-order valence-corrected chi connectivity index (χ2v) is 3.69. The zero-order chi connectivity index (χ0) is 11.7. The van der Waals surface area contributed by atoms with Crippen LogP contribution in [0.25, 0.3) is 0 Å². The Morgan fingerprint density at radius 1 is 1.40 bits per heavy atom. The van der Waals surface area contributed by atoms with Gasteiger partial charge in [0.15, 0.2) is 0 Å². The van der Waals surface area contributed by atoms with Crippen LogP contribution in [0.4, 0.5) is 0 Å². The van der Waals surface area contributed by atoms with Crippen LogP contribution in [0.3, 0.4) is 0 Å². The highest BCUT2D eigenvalue weighted by Gasteiger charge is 2.24. The van der Waals surface area contributed by atoms with Gasteiger partial charge in [0.25, 0.3) is 0 Å². The highest BCUT2D eigenvalue weighted by molar-refractivity contribution is 5.93. The van der Waals surface area contributed by atoms with Crippen LogP contribution in [0.2, 0.25) is 0 Å². The highest BCUT2D eigenvalue weighted by Crippen LogP contribution is 2.27. The molecule has 0 amide bonds. The highest BCUT2D eigenvalue weighted by atomic mass is 16.5. The van der Waals surface area contributed by atoms with E-state index in [0.717, 1.165) is 11.4 Å². The van der Waals surface area contributed by atoms with Crippen molar-refractivity contribution in [1.82, 2.24) is 4.57 Å². The SMILES string of the molecule is COC(=O)c1c([C@H](C)O)c(C)n(C)c1C. The standard InChI is InChI=1S/C11H17NO3/c1-6-9(8(3)13)10(11(14)15-5)7(2)12(6)4/h8,13H,1-5H3/t8-/m0/s1. The van der Waals surface area contributed by atoms with Gasteiger partial charge in [-0.25, -0.2) is 4.79 Å². The summed E-state index contributed by atoms with van der Waals surface area (Å²) in [6.45, 7) is 5.36. The van der Waals surface area contributed by atoms with Crippen LogP contribution in [0.5, 0.6) is 0 Å². The van der Waals surface area contributed by atoms with Crippen LogP contribution < -0.4 is 0 Å². The molecule has 0 aromatic carbocycles. The summed E-state index contributed by atoms with van der Waals surface area (Å²) in [7, 11) is 3.21. The lowest BCUT2D eigenvalue weighted by Gasteiger charge is -2.07. The smallest absolute Gasteiger partial charge is 0.340 e. The number of hydrogen-bond donors (Lipinski definition) is 1. The maximum absolute atomic E-state index is 11.6.